The zero-order chi connectivity index (χ0) is 24.9. The first kappa shape index (κ1) is 22.8. The van der Waals surface area contributed by atoms with Gasteiger partial charge in [-0.2, -0.15) is 10.2 Å². The number of nitrogens with one attached hydrogen (secondary N) is 1. The molecule has 0 radical (unpaired) electrons. The third-order valence-electron chi connectivity index (χ3n) is 5.52. The number of nitrogens with zero attached hydrogens (tertiary/aromatic N) is 4. The van der Waals surface area contributed by atoms with Crippen molar-refractivity contribution in [3.63, 3.8) is 0 Å². The number of carbonyl (C=O) groups is 2. The van der Waals surface area contributed by atoms with Crippen LogP contribution in [-0.2, 0) is 4.74 Å². The van der Waals surface area contributed by atoms with Gasteiger partial charge in [0.05, 0.1) is 29.7 Å². The maximum atomic E-state index is 13.7. The molecule has 36 heavy (non-hydrogen) atoms. The standard InChI is InChI=1S/C28H23N5O3/c1-2-36-28(35)23-18-29-33(22-16-10-5-11-17-22)26(23)30-27(34)24-19-32(21-14-8-4-9-15-21)31-25(24)20-12-6-3-7-13-20/h3-19H,2H2,1H3,(H,30,34). The van der Waals surface area contributed by atoms with Gasteiger partial charge in [0.1, 0.15) is 11.3 Å². The van der Waals surface area contributed by atoms with E-state index in [1.54, 1.807) is 17.8 Å². The van der Waals surface area contributed by atoms with Crippen molar-refractivity contribution in [2.45, 2.75) is 6.92 Å². The van der Waals surface area contributed by atoms with Crippen molar-refractivity contribution < 1.29 is 14.3 Å². The van der Waals surface area contributed by atoms with Gasteiger partial charge in [-0.3, -0.25) is 4.79 Å². The molecule has 3 aromatic carbocycles. The Kier molecular flexibility index (Phi) is 6.40. The zero-order valence-electron chi connectivity index (χ0n) is 19.5. The van der Waals surface area contributed by atoms with Crippen LogP contribution >= 0.6 is 0 Å². The average Bonchev–Trinajstić information content (AvgIpc) is 3.56. The second-order valence-electron chi connectivity index (χ2n) is 7.87. The van der Waals surface area contributed by atoms with Crippen LogP contribution in [0.4, 0.5) is 5.82 Å². The van der Waals surface area contributed by atoms with Crippen molar-refractivity contribution in [3.05, 3.63) is 115 Å². The van der Waals surface area contributed by atoms with Crippen LogP contribution in [0.1, 0.15) is 27.6 Å². The molecule has 0 unspecified atom stereocenters. The van der Waals surface area contributed by atoms with Crippen LogP contribution in [0.25, 0.3) is 22.6 Å². The normalized spacial score (nSPS) is 10.7. The highest BCUT2D eigenvalue weighted by molar-refractivity contribution is 6.10. The van der Waals surface area contributed by atoms with Crippen molar-refractivity contribution in [2.24, 2.45) is 0 Å². The second kappa shape index (κ2) is 10.1. The van der Waals surface area contributed by atoms with E-state index >= 15 is 0 Å². The lowest BCUT2D eigenvalue weighted by Gasteiger charge is -2.11. The minimum Gasteiger partial charge on any atom is -0.462 e. The predicted molar refractivity (Wildman–Crippen MR) is 136 cm³/mol. The maximum absolute atomic E-state index is 13.7. The Hall–Kier alpha value is -4.98. The first-order valence-corrected chi connectivity index (χ1v) is 11.5. The fraction of sp³-hybridized carbons (Fsp3) is 0.0714. The molecule has 0 saturated heterocycles. The van der Waals surface area contributed by atoms with E-state index in [0.717, 1.165) is 11.3 Å². The molecule has 8 heteroatoms. The molecule has 0 saturated carbocycles. The number of para-hydroxylation sites is 2. The minimum absolute atomic E-state index is 0.158. The number of carbonyl (C=O) groups excluding carboxylic acids is 2. The van der Waals surface area contributed by atoms with Crippen LogP contribution in [0.15, 0.2) is 103 Å². The van der Waals surface area contributed by atoms with Gasteiger partial charge in [0.15, 0.2) is 5.82 Å². The molecule has 5 aromatic rings. The molecule has 178 valence electrons. The number of hydrogen-bond donors (Lipinski definition) is 1. The molecule has 0 bridgehead atoms. The third-order valence-corrected chi connectivity index (χ3v) is 5.52. The molecule has 0 fully saturated rings. The Labute approximate surface area is 207 Å². The van der Waals surface area contributed by atoms with Crippen LogP contribution in [0.2, 0.25) is 0 Å². The van der Waals surface area contributed by atoms with E-state index in [4.69, 9.17) is 9.84 Å². The Morgan fingerprint density at radius 2 is 1.44 bits per heavy atom. The van der Waals surface area contributed by atoms with Gasteiger partial charge in [-0.15, -0.1) is 0 Å². The van der Waals surface area contributed by atoms with E-state index in [-0.39, 0.29) is 18.0 Å². The smallest absolute Gasteiger partial charge is 0.343 e. The highest BCUT2D eigenvalue weighted by atomic mass is 16.5. The summed E-state index contributed by atoms with van der Waals surface area (Å²) in [5, 5.41) is 12.0. The summed E-state index contributed by atoms with van der Waals surface area (Å²) in [5.41, 5.74) is 3.31. The van der Waals surface area contributed by atoms with Crippen LogP contribution in [0, 0.1) is 0 Å². The van der Waals surface area contributed by atoms with E-state index in [1.165, 1.54) is 10.9 Å². The Morgan fingerprint density at radius 3 is 2.08 bits per heavy atom. The largest absolute Gasteiger partial charge is 0.462 e. The molecule has 1 amide bonds. The van der Waals surface area contributed by atoms with Crippen LogP contribution < -0.4 is 5.32 Å². The Morgan fingerprint density at radius 1 is 0.833 bits per heavy atom. The second-order valence-corrected chi connectivity index (χ2v) is 7.87. The predicted octanol–water partition coefficient (Wildman–Crippen LogP) is 5.15. The van der Waals surface area contributed by atoms with Gasteiger partial charge in [-0.1, -0.05) is 66.7 Å². The van der Waals surface area contributed by atoms with Crippen molar-refractivity contribution in [1.82, 2.24) is 19.6 Å². The van der Waals surface area contributed by atoms with Crippen molar-refractivity contribution in [3.8, 4) is 22.6 Å². The number of anilines is 1. The summed E-state index contributed by atoms with van der Waals surface area (Å²) in [6.45, 7) is 1.92. The molecule has 5 rings (SSSR count). The molecule has 8 nitrogen and oxygen atoms in total. The summed E-state index contributed by atoms with van der Waals surface area (Å²) >= 11 is 0. The molecule has 0 aliphatic heterocycles. The average molecular weight is 478 g/mol. The summed E-state index contributed by atoms with van der Waals surface area (Å²) < 4.78 is 8.37. The highest BCUT2D eigenvalue weighted by Gasteiger charge is 2.25. The fourth-order valence-electron chi connectivity index (χ4n) is 3.83. The summed E-state index contributed by atoms with van der Waals surface area (Å²) in [7, 11) is 0. The van der Waals surface area contributed by atoms with Gasteiger partial charge in [0.25, 0.3) is 5.91 Å². The van der Waals surface area contributed by atoms with Gasteiger partial charge < -0.3 is 10.1 Å². The molecule has 2 heterocycles. The number of aromatic nitrogens is 4. The Balaban J connectivity index is 1.59. The molecule has 1 N–H and O–H groups in total. The topological polar surface area (TPSA) is 91.0 Å². The van der Waals surface area contributed by atoms with Crippen molar-refractivity contribution in [2.75, 3.05) is 11.9 Å². The van der Waals surface area contributed by atoms with Crippen LogP contribution in [0.5, 0.6) is 0 Å². The quantitative estimate of drug-likeness (QED) is 0.327. The Bertz CT molecular complexity index is 1490. The van der Waals surface area contributed by atoms with E-state index in [1.807, 2.05) is 91.0 Å². The summed E-state index contributed by atoms with van der Waals surface area (Å²) in [6.07, 6.45) is 3.08. The van der Waals surface area contributed by atoms with Gasteiger partial charge >= 0.3 is 5.97 Å². The zero-order valence-corrected chi connectivity index (χ0v) is 19.5. The highest BCUT2D eigenvalue weighted by Crippen LogP contribution is 2.27. The molecule has 2 aromatic heterocycles. The summed E-state index contributed by atoms with van der Waals surface area (Å²) in [6, 6.07) is 28.3. The lowest BCUT2D eigenvalue weighted by atomic mass is 10.1. The van der Waals surface area contributed by atoms with Crippen molar-refractivity contribution >= 4 is 17.7 Å². The van der Waals surface area contributed by atoms with E-state index in [9.17, 15) is 9.59 Å². The first-order chi connectivity index (χ1) is 17.7. The molecule has 0 aliphatic rings. The summed E-state index contributed by atoms with van der Waals surface area (Å²) in [5.74, 6) is -0.784. The number of amides is 1. The number of esters is 1. The van der Waals surface area contributed by atoms with Gasteiger partial charge in [-0.25, -0.2) is 14.2 Å². The van der Waals surface area contributed by atoms with E-state index in [2.05, 4.69) is 10.4 Å². The van der Waals surface area contributed by atoms with Gasteiger partial charge in [-0.05, 0) is 31.2 Å². The fourth-order valence-corrected chi connectivity index (χ4v) is 3.83. The van der Waals surface area contributed by atoms with Crippen LogP contribution in [-0.4, -0.2) is 38.0 Å². The van der Waals surface area contributed by atoms with Crippen LogP contribution in [0.3, 0.4) is 0 Å². The lowest BCUT2D eigenvalue weighted by Crippen LogP contribution is -2.18. The number of rotatable bonds is 7. The number of hydrogen-bond acceptors (Lipinski definition) is 5. The molecular formula is C28H23N5O3. The minimum atomic E-state index is -0.571. The molecular weight excluding hydrogens is 454 g/mol. The van der Waals surface area contributed by atoms with E-state index in [0.29, 0.717) is 16.9 Å². The maximum Gasteiger partial charge on any atom is 0.343 e. The molecule has 0 atom stereocenters. The SMILES string of the molecule is CCOC(=O)c1cnn(-c2ccccc2)c1NC(=O)c1cn(-c2ccccc2)nc1-c1ccccc1. The van der Waals surface area contributed by atoms with Gasteiger partial charge in [0, 0.05) is 11.8 Å². The van der Waals surface area contributed by atoms with E-state index < -0.39 is 11.9 Å². The lowest BCUT2D eigenvalue weighted by molar-refractivity contribution is 0.0527. The van der Waals surface area contributed by atoms with Gasteiger partial charge in [0.2, 0.25) is 0 Å². The monoisotopic (exact) mass is 477 g/mol. The first-order valence-electron chi connectivity index (χ1n) is 11.5. The molecule has 0 aliphatic carbocycles. The number of ether oxygens (including phenoxy) is 1. The third kappa shape index (κ3) is 4.52. The summed E-state index contributed by atoms with van der Waals surface area (Å²) in [4.78, 5) is 26.4. The molecule has 0 spiro atoms. The number of benzene rings is 3. The van der Waals surface area contributed by atoms with Crippen molar-refractivity contribution in [1.29, 1.82) is 0 Å².